The molecule has 0 spiro atoms. The number of hydrogen-bond donors (Lipinski definition) is 0. The molecule has 1 aliphatic heterocycles. The molecule has 5 heteroatoms. The molecule has 1 fully saturated rings. The van der Waals surface area contributed by atoms with Gasteiger partial charge in [0, 0.05) is 5.69 Å². The molecule has 21 heavy (non-hydrogen) atoms. The predicted molar refractivity (Wildman–Crippen MR) is 83.9 cm³/mol. The van der Waals surface area contributed by atoms with E-state index in [2.05, 4.69) is 4.98 Å². The average Bonchev–Trinajstić information content (AvgIpc) is 2.74. The predicted octanol–water partition coefficient (Wildman–Crippen LogP) is 3.63. The largest absolute Gasteiger partial charge is 0.298 e. The summed E-state index contributed by atoms with van der Waals surface area (Å²) in [5.41, 5.74) is 2.13. The summed E-state index contributed by atoms with van der Waals surface area (Å²) < 4.78 is 0. The lowest BCUT2D eigenvalue weighted by Crippen LogP contribution is -2.27. The Morgan fingerprint density at radius 2 is 1.81 bits per heavy atom. The molecule has 2 aromatic rings. The Morgan fingerprint density at radius 3 is 2.52 bits per heavy atom. The number of anilines is 1. The Hall–Kier alpha value is -2.40. The first-order valence-electron chi connectivity index (χ1n) is 6.42. The first-order chi connectivity index (χ1) is 10.1. The summed E-state index contributed by atoms with van der Waals surface area (Å²) in [7, 11) is 0. The van der Waals surface area contributed by atoms with E-state index in [9.17, 15) is 9.59 Å². The fourth-order valence-electron chi connectivity index (χ4n) is 2.05. The lowest BCUT2D eigenvalue weighted by atomic mass is 10.2. The second-order valence-corrected chi connectivity index (χ2v) is 5.55. The number of thioether (sulfide) groups is 1. The number of aromatic nitrogens is 1. The van der Waals surface area contributed by atoms with E-state index in [1.54, 1.807) is 30.3 Å². The molecule has 0 saturated carbocycles. The number of aryl methyl sites for hydroxylation is 1. The molecule has 0 unspecified atom stereocenters. The van der Waals surface area contributed by atoms with Crippen LogP contribution in [-0.4, -0.2) is 16.1 Å². The van der Waals surface area contributed by atoms with Crippen molar-refractivity contribution in [1.29, 1.82) is 0 Å². The summed E-state index contributed by atoms with van der Waals surface area (Å²) in [5, 5.41) is -0.287. The maximum atomic E-state index is 12.4. The van der Waals surface area contributed by atoms with E-state index in [-0.39, 0.29) is 11.1 Å². The molecule has 0 N–H and O–H groups in total. The maximum Gasteiger partial charge on any atom is 0.298 e. The number of para-hydroxylation sites is 1. The van der Waals surface area contributed by atoms with Gasteiger partial charge in [-0.15, -0.1) is 0 Å². The Bertz CT molecular complexity index is 741. The summed E-state index contributed by atoms with van der Waals surface area (Å²) in [6.07, 6.45) is 1.65. The average molecular weight is 296 g/mol. The molecule has 1 saturated heterocycles. The molecule has 2 heterocycles. The minimum absolute atomic E-state index is 0.287. The fraction of sp³-hybridized carbons (Fsp3) is 0.0625. The lowest BCUT2D eigenvalue weighted by Gasteiger charge is -2.11. The molecule has 104 valence electrons. The van der Waals surface area contributed by atoms with Crippen molar-refractivity contribution < 1.29 is 9.59 Å². The van der Waals surface area contributed by atoms with Crippen LogP contribution in [0.2, 0.25) is 0 Å². The molecular weight excluding hydrogens is 284 g/mol. The van der Waals surface area contributed by atoms with E-state index in [0.29, 0.717) is 16.3 Å². The number of carbonyl (C=O) groups excluding carboxylic acids is 2. The molecule has 0 radical (unpaired) electrons. The zero-order chi connectivity index (χ0) is 14.8. The van der Waals surface area contributed by atoms with Crippen molar-refractivity contribution in [3.63, 3.8) is 0 Å². The molecule has 1 aromatic heterocycles. The number of carbonyl (C=O) groups is 2. The van der Waals surface area contributed by atoms with Crippen molar-refractivity contribution in [2.24, 2.45) is 0 Å². The van der Waals surface area contributed by atoms with Gasteiger partial charge in [-0.3, -0.25) is 14.6 Å². The van der Waals surface area contributed by atoms with Gasteiger partial charge in [-0.2, -0.15) is 0 Å². The molecule has 1 aromatic carbocycles. The monoisotopic (exact) mass is 296 g/mol. The minimum atomic E-state index is -0.306. The lowest BCUT2D eigenvalue weighted by molar-refractivity contribution is -0.113. The van der Waals surface area contributed by atoms with Crippen LogP contribution in [-0.2, 0) is 4.79 Å². The Balaban J connectivity index is 1.94. The van der Waals surface area contributed by atoms with Gasteiger partial charge in [-0.25, -0.2) is 4.90 Å². The number of rotatable bonds is 2. The van der Waals surface area contributed by atoms with E-state index in [1.807, 2.05) is 31.2 Å². The highest BCUT2D eigenvalue weighted by Crippen LogP contribution is 2.35. The Kier molecular flexibility index (Phi) is 3.58. The van der Waals surface area contributed by atoms with E-state index in [0.717, 1.165) is 17.5 Å². The van der Waals surface area contributed by atoms with Crippen LogP contribution in [0.3, 0.4) is 0 Å². The van der Waals surface area contributed by atoms with Gasteiger partial charge < -0.3 is 0 Å². The summed E-state index contributed by atoms with van der Waals surface area (Å²) in [4.78, 5) is 30.4. The van der Waals surface area contributed by atoms with Crippen LogP contribution in [0.15, 0.2) is 53.4 Å². The molecule has 1 aliphatic rings. The molecular formula is C16H12N2O2S. The van der Waals surface area contributed by atoms with E-state index in [4.69, 9.17) is 0 Å². The minimum Gasteiger partial charge on any atom is -0.268 e. The highest BCUT2D eigenvalue weighted by Gasteiger charge is 2.36. The van der Waals surface area contributed by atoms with Crippen LogP contribution >= 0.6 is 11.8 Å². The van der Waals surface area contributed by atoms with Crippen molar-refractivity contribution in [2.45, 2.75) is 6.92 Å². The van der Waals surface area contributed by atoms with Gasteiger partial charge in [0.05, 0.1) is 16.3 Å². The van der Waals surface area contributed by atoms with Crippen LogP contribution < -0.4 is 4.90 Å². The second-order valence-electron chi connectivity index (χ2n) is 4.56. The van der Waals surface area contributed by atoms with Gasteiger partial charge in [0.2, 0.25) is 0 Å². The van der Waals surface area contributed by atoms with E-state index in [1.165, 1.54) is 4.90 Å². The summed E-state index contributed by atoms with van der Waals surface area (Å²) in [6.45, 7) is 1.88. The Labute approximate surface area is 126 Å². The molecule has 0 atom stereocenters. The summed E-state index contributed by atoms with van der Waals surface area (Å²) in [6, 6.07) is 14.5. The normalized spacial score (nSPS) is 16.8. The zero-order valence-electron chi connectivity index (χ0n) is 11.3. The van der Waals surface area contributed by atoms with Crippen LogP contribution in [0.4, 0.5) is 10.5 Å². The first-order valence-corrected chi connectivity index (χ1v) is 7.23. The third-order valence-electron chi connectivity index (χ3n) is 3.00. The van der Waals surface area contributed by atoms with Crippen molar-refractivity contribution in [1.82, 2.24) is 4.98 Å². The van der Waals surface area contributed by atoms with Gasteiger partial charge in [-0.1, -0.05) is 24.3 Å². The standard InChI is InChI=1S/C16H12N2O2S/c1-11-6-5-7-12(17-11)10-14-15(19)18(16(20)21-14)13-8-3-2-4-9-13/h2-10H,1H3/b14-10-. The fourth-order valence-corrected chi connectivity index (χ4v) is 2.87. The van der Waals surface area contributed by atoms with Crippen molar-refractivity contribution in [3.8, 4) is 0 Å². The third-order valence-corrected chi connectivity index (χ3v) is 3.87. The van der Waals surface area contributed by atoms with Gasteiger partial charge >= 0.3 is 0 Å². The van der Waals surface area contributed by atoms with Crippen molar-refractivity contribution >= 4 is 34.7 Å². The maximum absolute atomic E-state index is 12.4. The van der Waals surface area contributed by atoms with Crippen molar-refractivity contribution in [2.75, 3.05) is 4.90 Å². The Morgan fingerprint density at radius 1 is 1.05 bits per heavy atom. The number of benzene rings is 1. The molecule has 0 bridgehead atoms. The smallest absolute Gasteiger partial charge is 0.268 e. The van der Waals surface area contributed by atoms with Crippen LogP contribution in [0.1, 0.15) is 11.4 Å². The molecule has 3 rings (SSSR count). The van der Waals surface area contributed by atoms with Crippen LogP contribution in [0.5, 0.6) is 0 Å². The zero-order valence-corrected chi connectivity index (χ0v) is 12.1. The first kappa shape index (κ1) is 13.6. The van der Waals surface area contributed by atoms with E-state index < -0.39 is 0 Å². The van der Waals surface area contributed by atoms with Gasteiger partial charge in [0.15, 0.2) is 0 Å². The number of pyridine rings is 1. The highest BCUT2D eigenvalue weighted by atomic mass is 32.2. The van der Waals surface area contributed by atoms with Crippen molar-refractivity contribution in [3.05, 3.63) is 64.8 Å². The van der Waals surface area contributed by atoms with Gasteiger partial charge in [0.1, 0.15) is 0 Å². The van der Waals surface area contributed by atoms with Crippen LogP contribution in [0.25, 0.3) is 6.08 Å². The topological polar surface area (TPSA) is 50.3 Å². The van der Waals surface area contributed by atoms with Crippen LogP contribution in [0, 0.1) is 6.92 Å². The third kappa shape index (κ3) is 2.73. The number of imide groups is 1. The highest BCUT2D eigenvalue weighted by molar-refractivity contribution is 8.19. The summed E-state index contributed by atoms with van der Waals surface area (Å²) in [5.74, 6) is -0.306. The SMILES string of the molecule is Cc1cccc(/C=C2\SC(=O)N(c3ccccc3)C2=O)n1. The number of nitrogens with zero attached hydrogens (tertiary/aromatic N) is 2. The number of amides is 2. The van der Waals surface area contributed by atoms with Gasteiger partial charge in [0.25, 0.3) is 11.1 Å². The quantitative estimate of drug-likeness (QED) is 0.794. The van der Waals surface area contributed by atoms with Gasteiger partial charge in [-0.05, 0) is 49.0 Å². The number of hydrogen-bond acceptors (Lipinski definition) is 4. The summed E-state index contributed by atoms with van der Waals surface area (Å²) >= 11 is 0.936. The van der Waals surface area contributed by atoms with E-state index >= 15 is 0 Å². The molecule has 4 nitrogen and oxygen atoms in total. The molecule has 2 amide bonds. The molecule has 0 aliphatic carbocycles. The second kappa shape index (κ2) is 5.54.